The average molecular weight is 266 g/mol. The Bertz CT molecular complexity index is 550. The Labute approximate surface area is 108 Å². The van der Waals surface area contributed by atoms with Crippen molar-refractivity contribution >= 4 is 17.4 Å². The van der Waals surface area contributed by atoms with Crippen LogP contribution in [-0.2, 0) is 6.54 Å². The second kappa shape index (κ2) is 4.49. The highest BCUT2D eigenvalue weighted by molar-refractivity contribution is 6.30. The van der Waals surface area contributed by atoms with Gasteiger partial charge in [0.2, 0.25) is 0 Å². The number of hydrogen-bond donors (Lipinski definition) is 2. The van der Waals surface area contributed by atoms with Crippen LogP contribution in [0.25, 0.3) is 0 Å². The van der Waals surface area contributed by atoms with Crippen molar-refractivity contribution in [3.8, 4) is 0 Å². The monoisotopic (exact) mass is 265 g/mol. The molecule has 3 rings (SSSR count). The molecule has 0 aliphatic heterocycles. The number of H-pyrrole nitrogens is 1. The Balaban J connectivity index is 1.81. The molecule has 2 aromatic heterocycles. The maximum absolute atomic E-state index is 6.11. The van der Waals surface area contributed by atoms with Gasteiger partial charge in [0.15, 0.2) is 5.82 Å². The number of halogens is 1. The van der Waals surface area contributed by atoms with Crippen molar-refractivity contribution in [3.63, 3.8) is 0 Å². The number of hydrogen-bond acceptors (Lipinski definition) is 6. The van der Waals surface area contributed by atoms with Gasteiger partial charge in [-0.1, -0.05) is 16.8 Å². The Morgan fingerprint density at radius 3 is 2.89 bits per heavy atom. The summed E-state index contributed by atoms with van der Waals surface area (Å²) in [5.41, 5.74) is 0.838. The zero-order valence-corrected chi connectivity index (χ0v) is 10.6. The van der Waals surface area contributed by atoms with E-state index in [2.05, 4.69) is 35.9 Å². The number of aromatic amines is 1. The summed E-state index contributed by atoms with van der Waals surface area (Å²) in [6.07, 6.45) is 2.29. The van der Waals surface area contributed by atoms with Gasteiger partial charge in [-0.3, -0.25) is 0 Å². The fraction of sp³-hybridized carbons (Fsp3) is 0.500. The molecule has 0 spiro atoms. The average Bonchev–Trinajstić information content (AvgIpc) is 3.08. The Morgan fingerprint density at radius 1 is 1.39 bits per heavy atom. The molecule has 1 aliphatic carbocycles. The van der Waals surface area contributed by atoms with E-state index in [1.807, 2.05) is 6.92 Å². The van der Waals surface area contributed by atoms with Gasteiger partial charge in [0.25, 0.3) is 0 Å². The molecule has 0 bridgehead atoms. The minimum atomic E-state index is 0.453. The van der Waals surface area contributed by atoms with E-state index in [-0.39, 0.29) is 0 Å². The first-order chi connectivity index (χ1) is 8.74. The van der Waals surface area contributed by atoms with Crippen molar-refractivity contribution in [2.45, 2.75) is 32.2 Å². The largest absolute Gasteiger partial charge is 0.362 e. The molecular weight excluding hydrogens is 254 g/mol. The summed E-state index contributed by atoms with van der Waals surface area (Å²) < 4.78 is 0. The first-order valence-corrected chi connectivity index (χ1v) is 6.12. The van der Waals surface area contributed by atoms with Gasteiger partial charge in [-0.25, -0.2) is 9.97 Å². The van der Waals surface area contributed by atoms with Crippen LogP contribution >= 0.6 is 11.6 Å². The lowest BCUT2D eigenvalue weighted by molar-refractivity contribution is 0.881. The summed E-state index contributed by atoms with van der Waals surface area (Å²) in [5, 5.41) is 17.3. The summed E-state index contributed by atoms with van der Waals surface area (Å²) in [6, 6.07) is 0. The first kappa shape index (κ1) is 11.3. The quantitative estimate of drug-likeness (QED) is 0.813. The molecule has 94 valence electrons. The number of tetrazole rings is 1. The predicted octanol–water partition coefficient (Wildman–Crippen LogP) is 1.44. The van der Waals surface area contributed by atoms with Crippen molar-refractivity contribution in [3.05, 3.63) is 22.4 Å². The van der Waals surface area contributed by atoms with Gasteiger partial charge in [0, 0.05) is 11.5 Å². The number of nitrogens with one attached hydrogen (secondary N) is 2. The van der Waals surface area contributed by atoms with E-state index >= 15 is 0 Å². The molecule has 2 N–H and O–H groups in total. The highest BCUT2D eigenvalue weighted by Gasteiger charge is 2.28. The highest BCUT2D eigenvalue weighted by atomic mass is 35.5. The lowest BCUT2D eigenvalue weighted by Crippen LogP contribution is -2.08. The van der Waals surface area contributed by atoms with E-state index in [1.165, 1.54) is 0 Å². The fourth-order valence-corrected chi connectivity index (χ4v) is 1.80. The molecule has 0 amide bonds. The maximum atomic E-state index is 6.11. The highest BCUT2D eigenvalue weighted by Crippen LogP contribution is 2.39. The Kier molecular flexibility index (Phi) is 2.83. The topological polar surface area (TPSA) is 92.3 Å². The van der Waals surface area contributed by atoms with Crippen molar-refractivity contribution < 1.29 is 0 Å². The Morgan fingerprint density at radius 2 is 2.22 bits per heavy atom. The van der Waals surface area contributed by atoms with Crippen LogP contribution in [0, 0.1) is 6.92 Å². The molecular formula is C10H12ClN7. The minimum absolute atomic E-state index is 0.453. The van der Waals surface area contributed by atoms with Crippen LogP contribution in [0.4, 0.5) is 5.82 Å². The molecule has 0 atom stereocenters. The second-order valence-corrected chi connectivity index (χ2v) is 4.66. The summed E-state index contributed by atoms with van der Waals surface area (Å²) in [5.74, 6) is 2.61. The summed E-state index contributed by atoms with van der Waals surface area (Å²) in [7, 11) is 0. The molecule has 1 aliphatic rings. The molecule has 7 nitrogen and oxygen atoms in total. The normalized spacial score (nSPS) is 14.8. The van der Waals surface area contributed by atoms with E-state index in [0.29, 0.717) is 23.4 Å². The minimum Gasteiger partial charge on any atom is -0.362 e. The van der Waals surface area contributed by atoms with Crippen LogP contribution in [-0.4, -0.2) is 30.6 Å². The summed E-state index contributed by atoms with van der Waals surface area (Å²) in [4.78, 5) is 8.81. The third-order valence-electron chi connectivity index (χ3n) is 2.85. The van der Waals surface area contributed by atoms with E-state index in [0.717, 1.165) is 30.0 Å². The number of aromatic nitrogens is 6. The zero-order valence-electron chi connectivity index (χ0n) is 9.81. The Hall–Kier alpha value is -1.76. The lowest BCUT2D eigenvalue weighted by Gasteiger charge is -2.09. The SMILES string of the molecule is Cc1c(Cl)nc(C2CC2)nc1NCc1nn[nH]n1. The summed E-state index contributed by atoms with van der Waals surface area (Å²) >= 11 is 6.11. The smallest absolute Gasteiger partial charge is 0.193 e. The van der Waals surface area contributed by atoms with Gasteiger partial charge in [0.1, 0.15) is 16.8 Å². The molecule has 18 heavy (non-hydrogen) atoms. The van der Waals surface area contributed by atoms with Crippen LogP contribution in [0.2, 0.25) is 5.15 Å². The number of nitrogens with zero attached hydrogens (tertiary/aromatic N) is 5. The van der Waals surface area contributed by atoms with Gasteiger partial charge >= 0.3 is 0 Å². The van der Waals surface area contributed by atoms with Crippen LogP contribution < -0.4 is 5.32 Å². The van der Waals surface area contributed by atoms with Crippen LogP contribution in [0.1, 0.15) is 36.0 Å². The van der Waals surface area contributed by atoms with Crippen molar-refractivity contribution in [1.29, 1.82) is 0 Å². The van der Waals surface area contributed by atoms with Crippen LogP contribution in [0.3, 0.4) is 0 Å². The molecule has 0 radical (unpaired) electrons. The number of anilines is 1. The van der Waals surface area contributed by atoms with Gasteiger partial charge < -0.3 is 5.32 Å². The number of rotatable bonds is 4. The molecule has 0 aromatic carbocycles. The third-order valence-corrected chi connectivity index (χ3v) is 3.22. The van der Waals surface area contributed by atoms with Gasteiger partial charge in [-0.15, -0.1) is 10.2 Å². The van der Waals surface area contributed by atoms with Gasteiger partial charge in [-0.2, -0.15) is 5.21 Å². The fourth-order valence-electron chi connectivity index (χ4n) is 1.62. The predicted molar refractivity (Wildman–Crippen MR) is 65.3 cm³/mol. The van der Waals surface area contributed by atoms with Crippen LogP contribution in [0.15, 0.2) is 0 Å². The summed E-state index contributed by atoms with van der Waals surface area (Å²) in [6.45, 7) is 2.34. The van der Waals surface area contributed by atoms with E-state index in [4.69, 9.17) is 11.6 Å². The maximum Gasteiger partial charge on any atom is 0.193 e. The first-order valence-electron chi connectivity index (χ1n) is 5.74. The molecule has 8 heteroatoms. The third kappa shape index (κ3) is 2.26. The lowest BCUT2D eigenvalue weighted by atomic mass is 10.3. The molecule has 2 heterocycles. The molecule has 0 saturated heterocycles. The second-order valence-electron chi connectivity index (χ2n) is 4.30. The van der Waals surface area contributed by atoms with E-state index in [1.54, 1.807) is 0 Å². The molecule has 1 saturated carbocycles. The van der Waals surface area contributed by atoms with Crippen molar-refractivity contribution in [2.75, 3.05) is 5.32 Å². The van der Waals surface area contributed by atoms with Crippen molar-refractivity contribution in [2.24, 2.45) is 0 Å². The molecule has 1 fully saturated rings. The molecule has 2 aromatic rings. The van der Waals surface area contributed by atoms with Gasteiger partial charge in [0.05, 0.1) is 6.54 Å². The molecule has 0 unspecified atom stereocenters. The van der Waals surface area contributed by atoms with E-state index < -0.39 is 0 Å². The van der Waals surface area contributed by atoms with Gasteiger partial charge in [-0.05, 0) is 19.8 Å². The van der Waals surface area contributed by atoms with E-state index in [9.17, 15) is 0 Å². The zero-order chi connectivity index (χ0) is 12.5. The van der Waals surface area contributed by atoms with Crippen LogP contribution in [0.5, 0.6) is 0 Å². The standard InChI is InChI=1S/C10H12ClN7/c1-5-8(11)13-10(6-2-3-6)14-9(5)12-4-7-15-17-18-16-7/h6H,2-4H2,1H3,(H,12,13,14)(H,15,16,17,18). The van der Waals surface area contributed by atoms with Crippen molar-refractivity contribution in [1.82, 2.24) is 30.6 Å².